The van der Waals surface area contributed by atoms with E-state index in [0.717, 1.165) is 35.6 Å². The SMILES string of the molecule is Cc1noc(-c2cc(C)c(C)nc2N2CCC(NC3CCCCC3)[C@H](O)C2)n1. The number of rotatable bonds is 4. The Morgan fingerprint density at radius 2 is 1.89 bits per heavy atom. The van der Waals surface area contributed by atoms with Crippen molar-refractivity contribution < 1.29 is 9.63 Å². The number of pyridine rings is 1. The van der Waals surface area contributed by atoms with Crippen LogP contribution >= 0.6 is 0 Å². The molecule has 1 unspecified atom stereocenters. The molecule has 2 N–H and O–H groups in total. The number of aryl methyl sites for hydroxylation is 3. The minimum atomic E-state index is -0.420. The molecule has 4 rings (SSSR count). The van der Waals surface area contributed by atoms with E-state index in [9.17, 15) is 5.11 Å². The molecule has 0 bridgehead atoms. The monoisotopic (exact) mass is 385 g/mol. The summed E-state index contributed by atoms with van der Waals surface area (Å²) in [4.78, 5) is 11.4. The van der Waals surface area contributed by atoms with Gasteiger partial charge in [-0.3, -0.25) is 0 Å². The van der Waals surface area contributed by atoms with Gasteiger partial charge in [-0.25, -0.2) is 4.98 Å². The van der Waals surface area contributed by atoms with Gasteiger partial charge < -0.3 is 19.8 Å². The van der Waals surface area contributed by atoms with Gasteiger partial charge in [0, 0.05) is 30.9 Å². The highest BCUT2D eigenvalue weighted by Gasteiger charge is 2.32. The average molecular weight is 386 g/mol. The fraction of sp³-hybridized carbons (Fsp3) is 0.667. The van der Waals surface area contributed by atoms with Crippen molar-refractivity contribution in [3.05, 3.63) is 23.1 Å². The van der Waals surface area contributed by atoms with Crippen molar-refractivity contribution in [2.24, 2.45) is 0 Å². The third-order valence-corrected chi connectivity index (χ3v) is 6.14. The Hall–Kier alpha value is -1.99. The maximum atomic E-state index is 10.8. The van der Waals surface area contributed by atoms with E-state index in [1.807, 2.05) is 20.8 Å². The van der Waals surface area contributed by atoms with Crippen molar-refractivity contribution in [2.75, 3.05) is 18.0 Å². The van der Waals surface area contributed by atoms with Crippen LogP contribution in [0.1, 0.15) is 55.6 Å². The predicted octanol–water partition coefficient (Wildman–Crippen LogP) is 2.92. The van der Waals surface area contributed by atoms with Crippen LogP contribution in [0.4, 0.5) is 5.82 Å². The van der Waals surface area contributed by atoms with Gasteiger partial charge in [0.15, 0.2) is 5.82 Å². The van der Waals surface area contributed by atoms with Gasteiger partial charge in [0.2, 0.25) is 0 Å². The van der Waals surface area contributed by atoms with Crippen molar-refractivity contribution in [1.82, 2.24) is 20.4 Å². The second-order valence-electron chi connectivity index (χ2n) is 8.32. The van der Waals surface area contributed by atoms with Crippen LogP contribution in [-0.4, -0.2) is 51.5 Å². The molecule has 2 aromatic heterocycles. The Kier molecular flexibility index (Phi) is 5.64. The predicted molar refractivity (Wildman–Crippen MR) is 108 cm³/mol. The Morgan fingerprint density at radius 3 is 2.57 bits per heavy atom. The largest absolute Gasteiger partial charge is 0.390 e. The van der Waals surface area contributed by atoms with Crippen LogP contribution in [0, 0.1) is 20.8 Å². The van der Waals surface area contributed by atoms with Crippen LogP contribution in [-0.2, 0) is 0 Å². The van der Waals surface area contributed by atoms with Crippen molar-refractivity contribution in [2.45, 2.75) is 77.5 Å². The Morgan fingerprint density at radius 1 is 1.11 bits per heavy atom. The molecular formula is C21H31N5O2. The van der Waals surface area contributed by atoms with Crippen LogP contribution in [0.3, 0.4) is 0 Å². The van der Waals surface area contributed by atoms with Crippen LogP contribution in [0.25, 0.3) is 11.5 Å². The second kappa shape index (κ2) is 8.17. The fourth-order valence-corrected chi connectivity index (χ4v) is 4.39. The van der Waals surface area contributed by atoms with E-state index >= 15 is 0 Å². The average Bonchev–Trinajstić information content (AvgIpc) is 3.12. The number of hydrogen-bond acceptors (Lipinski definition) is 7. The lowest BCUT2D eigenvalue weighted by Crippen LogP contribution is -2.55. The molecule has 0 aromatic carbocycles. The molecule has 0 amide bonds. The number of aliphatic hydroxyl groups excluding tert-OH is 1. The molecule has 152 valence electrons. The van der Waals surface area contributed by atoms with Crippen LogP contribution in [0.15, 0.2) is 10.6 Å². The molecule has 1 aliphatic heterocycles. The fourth-order valence-electron chi connectivity index (χ4n) is 4.39. The van der Waals surface area contributed by atoms with Crippen LogP contribution < -0.4 is 10.2 Å². The smallest absolute Gasteiger partial charge is 0.261 e. The van der Waals surface area contributed by atoms with Crippen molar-refractivity contribution in [3.63, 3.8) is 0 Å². The van der Waals surface area contributed by atoms with Gasteiger partial charge in [-0.15, -0.1) is 0 Å². The van der Waals surface area contributed by atoms with E-state index in [-0.39, 0.29) is 6.04 Å². The zero-order valence-electron chi connectivity index (χ0n) is 17.1. The molecule has 7 heteroatoms. The molecule has 1 saturated heterocycles. The summed E-state index contributed by atoms with van der Waals surface area (Å²) in [6.07, 6.45) is 6.87. The number of aromatic nitrogens is 3. The molecule has 1 saturated carbocycles. The third-order valence-electron chi connectivity index (χ3n) is 6.14. The van der Waals surface area contributed by atoms with Crippen molar-refractivity contribution in [3.8, 4) is 11.5 Å². The van der Waals surface area contributed by atoms with Crippen LogP contribution in [0.2, 0.25) is 0 Å². The molecule has 2 aliphatic rings. The first-order chi connectivity index (χ1) is 13.5. The first-order valence-electron chi connectivity index (χ1n) is 10.5. The standard InChI is InChI=1S/C21H31N5O2/c1-13-11-17(21-23-15(3)25-28-21)20(22-14(13)2)26-10-9-18(19(27)12-26)24-16-7-5-4-6-8-16/h11,16,18-19,24,27H,4-10,12H2,1-3H3/t18?,19-/m1/s1. The number of β-amino-alcohol motifs (C(OH)–C–C–N with tert-alkyl or cyclic N) is 1. The molecule has 0 spiro atoms. The zero-order valence-corrected chi connectivity index (χ0v) is 17.1. The summed E-state index contributed by atoms with van der Waals surface area (Å²) >= 11 is 0. The molecule has 0 radical (unpaired) electrons. The Labute approximate surface area is 166 Å². The molecule has 1 aliphatic carbocycles. The second-order valence-corrected chi connectivity index (χ2v) is 8.32. The summed E-state index contributed by atoms with van der Waals surface area (Å²) in [7, 11) is 0. The topological polar surface area (TPSA) is 87.3 Å². The van der Waals surface area contributed by atoms with E-state index < -0.39 is 6.10 Å². The summed E-state index contributed by atoms with van der Waals surface area (Å²) in [5.41, 5.74) is 2.91. The van der Waals surface area contributed by atoms with Gasteiger partial charge in [0.1, 0.15) is 5.82 Å². The molecule has 2 atom stereocenters. The van der Waals surface area contributed by atoms with Gasteiger partial charge in [0.05, 0.1) is 11.7 Å². The summed E-state index contributed by atoms with van der Waals surface area (Å²) in [6.45, 7) is 7.26. The summed E-state index contributed by atoms with van der Waals surface area (Å²) in [6, 6.07) is 2.76. The van der Waals surface area contributed by atoms with E-state index in [0.29, 0.717) is 24.3 Å². The lowest BCUT2D eigenvalue weighted by atomic mass is 9.92. The highest BCUT2D eigenvalue weighted by atomic mass is 16.5. The molecule has 2 aromatic rings. The lowest BCUT2D eigenvalue weighted by Gasteiger charge is -2.39. The van der Waals surface area contributed by atoms with E-state index in [4.69, 9.17) is 9.51 Å². The summed E-state index contributed by atoms with van der Waals surface area (Å²) < 4.78 is 5.42. The third kappa shape index (κ3) is 4.05. The normalized spacial score (nSPS) is 23.9. The molecule has 28 heavy (non-hydrogen) atoms. The van der Waals surface area contributed by atoms with Crippen molar-refractivity contribution >= 4 is 5.82 Å². The number of anilines is 1. The molecule has 7 nitrogen and oxygen atoms in total. The number of aliphatic hydroxyl groups is 1. The minimum absolute atomic E-state index is 0.153. The van der Waals surface area contributed by atoms with E-state index in [1.165, 1.54) is 32.1 Å². The van der Waals surface area contributed by atoms with E-state index in [1.54, 1.807) is 0 Å². The van der Waals surface area contributed by atoms with Gasteiger partial charge in [-0.2, -0.15) is 4.98 Å². The number of nitrogens with one attached hydrogen (secondary N) is 1. The first kappa shape index (κ1) is 19.3. The summed E-state index contributed by atoms with van der Waals surface area (Å²) in [5.74, 6) is 1.91. The van der Waals surface area contributed by atoms with Gasteiger partial charge in [0.25, 0.3) is 5.89 Å². The van der Waals surface area contributed by atoms with Crippen LogP contribution in [0.5, 0.6) is 0 Å². The van der Waals surface area contributed by atoms with Gasteiger partial charge >= 0.3 is 0 Å². The number of piperidine rings is 1. The van der Waals surface area contributed by atoms with E-state index in [2.05, 4.69) is 26.4 Å². The molecule has 2 fully saturated rings. The zero-order chi connectivity index (χ0) is 19.7. The maximum absolute atomic E-state index is 10.8. The minimum Gasteiger partial charge on any atom is -0.390 e. The number of hydrogen-bond donors (Lipinski definition) is 2. The van der Waals surface area contributed by atoms with Gasteiger partial charge in [-0.1, -0.05) is 24.4 Å². The maximum Gasteiger partial charge on any atom is 0.261 e. The first-order valence-corrected chi connectivity index (χ1v) is 10.5. The Balaban J connectivity index is 1.52. The quantitative estimate of drug-likeness (QED) is 0.837. The lowest BCUT2D eigenvalue weighted by molar-refractivity contribution is 0.103. The Bertz CT molecular complexity index is 815. The van der Waals surface area contributed by atoms with Crippen molar-refractivity contribution in [1.29, 1.82) is 0 Å². The highest BCUT2D eigenvalue weighted by molar-refractivity contribution is 5.71. The number of nitrogens with zero attached hydrogens (tertiary/aromatic N) is 4. The molecular weight excluding hydrogens is 354 g/mol. The molecule has 3 heterocycles. The van der Waals surface area contributed by atoms with Gasteiger partial charge in [-0.05, 0) is 51.7 Å². The highest BCUT2D eigenvalue weighted by Crippen LogP contribution is 2.32. The summed E-state index contributed by atoms with van der Waals surface area (Å²) in [5, 5.41) is 18.5.